The van der Waals surface area contributed by atoms with Gasteiger partial charge in [-0.3, -0.25) is 0 Å². The van der Waals surface area contributed by atoms with Crippen LogP contribution in [0.5, 0.6) is 0 Å². The molecule has 0 aromatic carbocycles. The number of rotatable bonds is 4. The average Bonchev–Trinajstić information content (AvgIpc) is 2.32. The van der Waals surface area contributed by atoms with E-state index in [1.54, 1.807) is 0 Å². The van der Waals surface area contributed by atoms with Gasteiger partial charge >= 0.3 is 18.3 Å². The minimum absolute atomic E-state index is 0.117. The van der Waals surface area contributed by atoms with Crippen molar-refractivity contribution in [2.75, 3.05) is 19.6 Å². The molecule has 0 aromatic heterocycles. The van der Waals surface area contributed by atoms with E-state index in [0.717, 1.165) is 25.9 Å². The standard InChI is InChI=1S/C9H15F3N2O2S.C2HF3O2/c10-9(11,12)7(15)3-14(17-16)6-1-8(2-6)4-13-5-8;3-2(4,5)1(6)7/h6-7,13,15,17H,1-5H2;(H,6,7). The molecular weight excluding hydrogens is 370 g/mol. The van der Waals surface area contributed by atoms with E-state index in [4.69, 9.17) is 15.0 Å². The first kappa shape index (κ1) is 21.1. The van der Waals surface area contributed by atoms with Crippen molar-refractivity contribution in [3.8, 4) is 0 Å². The zero-order valence-corrected chi connectivity index (χ0v) is 13.0. The van der Waals surface area contributed by atoms with Gasteiger partial charge in [-0.15, -0.1) is 0 Å². The molecule has 1 atom stereocenters. The molecule has 13 heteroatoms. The van der Waals surface area contributed by atoms with Gasteiger partial charge < -0.3 is 15.5 Å². The first-order valence-electron chi connectivity index (χ1n) is 6.66. The molecule has 1 heterocycles. The van der Waals surface area contributed by atoms with Crippen LogP contribution in [0.3, 0.4) is 0 Å². The van der Waals surface area contributed by atoms with Crippen molar-refractivity contribution >= 4 is 17.8 Å². The quantitative estimate of drug-likeness (QED) is 0.416. The number of nitrogens with one attached hydrogen (secondary N) is 1. The smallest absolute Gasteiger partial charge is 0.475 e. The van der Waals surface area contributed by atoms with Gasteiger partial charge in [0.1, 0.15) is 0 Å². The molecule has 3 N–H and O–H groups in total. The third kappa shape index (κ3) is 5.57. The molecule has 2 aliphatic rings. The van der Waals surface area contributed by atoms with E-state index in [1.807, 2.05) is 0 Å². The van der Waals surface area contributed by atoms with Crippen LogP contribution < -0.4 is 5.32 Å². The fourth-order valence-corrected chi connectivity index (χ4v) is 2.97. The Morgan fingerprint density at radius 3 is 1.96 bits per heavy atom. The molecule has 0 amide bonds. The zero-order chi connectivity index (χ0) is 18.8. The molecule has 24 heavy (non-hydrogen) atoms. The van der Waals surface area contributed by atoms with E-state index >= 15 is 0 Å². The molecular formula is C11H16F6N2O4S. The number of carboxylic acid groups (broad SMARTS) is 1. The second-order valence-corrected chi connectivity index (χ2v) is 6.41. The van der Waals surface area contributed by atoms with Gasteiger partial charge in [-0.05, 0) is 18.3 Å². The molecule has 0 radical (unpaired) electrons. The van der Waals surface area contributed by atoms with Gasteiger partial charge in [0.05, 0.1) is 11.9 Å². The van der Waals surface area contributed by atoms with Gasteiger partial charge in [0.25, 0.3) is 0 Å². The molecule has 0 aromatic rings. The maximum absolute atomic E-state index is 12.2. The summed E-state index contributed by atoms with van der Waals surface area (Å²) < 4.78 is 80.3. The SMILES string of the molecule is O=C(O)C(F)(F)F.O=[SH]N(CC(O)C(F)(F)F)C1CC2(CNC2)C1. The van der Waals surface area contributed by atoms with Crippen molar-refractivity contribution in [1.82, 2.24) is 9.62 Å². The van der Waals surface area contributed by atoms with E-state index in [9.17, 15) is 30.6 Å². The molecule has 1 unspecified atom stereocenters. The number of nitrogens with zero attached hydrogens (tertiary/aromatic N) is 1. The molecule has 0 bridgehead atoms. The molecule has 1 spiro atoms. The van der Waals surface area contributed by atoms with Crippen molar-refractivity contribution in [1.29, 1.82) is 0 Å². The van der Waals surface area contributed by atoms with Gasteiger partial charge in [0.2, 0.25) is 0 Å². The summed E-state index contributed by atoms with van der Waals surface area (Å²) in [5, 5.41) is 19.2. The van der Waals surface area contributed by atoms with Crippen LogP contribution in [0.1, 0.15) is 12.8 Å². The minimum Gasteiger partial charge on any atom is -0.475 e. The number of alkyl halides is 6. The summed E-state index contributed by atoms with van der Waals surface area (Å²) in [7, 11) is 0. The fraction of sp³-hybridized carbons (Fsp3) is 0.909. The number of halogens is 6. The van der Waals surface area contributed by atoms with Crippen LogP contribution in [0.2, 0.25) is 0 Å². The summed E-state index contributed by atoms with van der Waals surface area (Å²) >= 11 is -0.450. The zero-order valence-electron chi connectivity index (χ0n) is 12.1. The van der Waals surface area contributed by atoms with Crippen LogP contribution >= 0.6 is 0 Å². The maximum Gasteiger partial charge on any atom is 0.490 e. The first-order chi connectivity index (χ1) is 10.8. The number of hydrogen-bond donors (Lipinski definition) is 4. The normalized spacial score (nSPS) is 21.5. The second kappa shape index (κ2) is 7.54. The van der Waals surface area contributed by atoms with Gasteiger partial charge in [0.15, 0.2) is 6.10 Å². The van der Waals surface area contributed by atoms with Gasteiger partial charge in [-0.1, -0.05) is 0 Å². The summed E-state index contributed by atoms with van der Waals surface area (Å²) in [6.45, 7) is 1.15. The van der Waals surface area contributed by atoms with E-state index in [0.29, 0.717) is 0 Å². The number of thiol groups is 1. The molecule has 6 nitrogen and oxygen atoms in total. The van der Waals surface area contributed by atoms with Gasteiger partial charge in [-0.2, -0.15) is 26.3 Å². The third-order valence-electron chi connectivity index (χ3n) is 3.84. The van der Waals surface area contributed by atoms with Crippen LogP contribution in [0.4, 0.5) is 26.3 Å². The van der Waals surface area contributed by atoms with Crippen LogP contribution in [0.15, 0.2) is 0 Å². The molecule has 1 aliphatic heterocycles. The van der Waals surface area contributed by atoms with E-state index < -0.39 is 42.8 Å². The summed E-state index contributed by atoms with van der Waals surface area (Å²) in [6.07, 6.45) is -10.7. The summed E-state index contributed by atoms with van der Waals surface area (Å²) in [5.74, 6) is -2.76. The highest BCUT2D eigenvalue weighted by Gasteiger charge is 2.51. The summed E-state index contributed by atoms with van der Waals surface area (Å²) in [5.41, 5.74) is 0.205. The monoisotopic (exact) mass is 386 g/mol. The Morgan fingerprint density at radius 1 is 1.25 bits per heavy atom. The van der Waals surface area contributed by atoms with E-state index in [2.05, 4.69) is 5.32 Å². The maximum atomic E-state index is 12.2. The number of aliphatic carboxylic acids is 1. The molecule has 2 fully saturated rings. The van der Waals surface area contributed by atoms with Crippen LogP contribution in [0, 0.1) is 5.41 Å². The van der Waals surface area contributed by atoms with Crippen molar-refractivity contribution < 1.29 is 45.6 Å². The van der Waals surface area contributed by atoms with Crippen LogP contribution in [-0.2, 0) is 16.6 Å². The lowest BCUT2D eigenvalue weighted by atomic mass is 9.61. The molecule has 1 saturated carbocycles. The largest absolute Gasteiger partial charge is 0.490 e. The highest BCUT2D eigenvalue weighted by molar-refractivity contribution is 7.63. The Labute approximate surface area is 136 Å². The lowest BCUT2D eigenvalue weighted by molar-refractivity contribution is -0.207. The summed E-state index contributed by atoms with van der Waals surface area (Å²) in [4.78, 5) is 8.90. The average molecular weight is 386 g/mol. The minimum atomic E-state index is -5.08. The fourth-order valence-electron chi connectivity index (χ4n) is 2.45. The second-order valence-electron chi connectivity index (χ2n) is 5.73. The Balaban J connectivity index is 0.000000351. The van der Waals surface area contributed by atoms with Crippen molar-refractivity contribution in [3.63, 3.8) is 0 Å². The number of carbonyl (C=O) groups is 1. The lowest BCUT2D eigenvalue weighted by Crippen LogP contribution is -2.65. The molecule has 1 saturated heterocycles. The number of aliphatic hydroxyl groups excluding tert-OH is 1. The third-order valence-corrected chi connectivity index (χ3v) is 4.54. The Bertz CT molecular complexity index is 460. The Morgan fingerprint density at radius 2 is 1.71 bits per heavy atom. The Kier molecular flexibility index (Phi) is 6.63. The van der Waals surface area contributed by atoms with Gasteiger partial charge in [-0.25, -0.2) is 13.3 Å². The Hall–Kier alpha value is -0.920. The predicted molar refractivity (Wildman–Crippen MR) is 70.3 cm³/mol. The molecule has 1 aliphatic carbocycles. The first-order valence-corrected chi connectivity index (χ1v) is 7.43. The topological polar surface area (TPSA) is 89.9 Å². The highest BCUT2D eigenvalue weighted by Crippen LogP contribution is 2.46. The van der Waals surface area contributed by atoms with E-state index in [1.165, 1.54) is 4.31 Å². The molecule has 2 rings (SSSR count). The summed E-state index contributed by atoms with van der Waals surface area (Å²) in [6, 6.07) is -0.117. The van der Waals surface area contributed by atoms with Crippen molar-refractivity contribution in [2.45, 2.75) is 37.3 Å². The number of carboxylic acids is 1. The van der Waals surface area contributed by atoms with Crippen LogP contribution in [0.25, 0.3) is 0 Å². The van der Waals surface area contributed by atoms with Crippen molar-refractivity contribution in [3.05, 3.63) is 0 Å². The van der Waals surface area contributed by atoms with Crippen molar-refractivity contribution in [2.24, 2.45) is 5.41 Å². The van der Waals surface area contributed by atoms with Gasteiger partial charge in [0, 0.05) is 25.7 Å². The van der Waals surface area contributed by atoms with E-state index in [-0.39, 0.29) is 11.5 Å². The van der Waals surface area contributed by atoms with Crippen LogP contribution in [-0.4, -0.2) is 68.8 Å². The predicted octanol–water partition coefficient (Wildman–Crippen LogP) is 0.457. The highest BCUT2D eigenvalue weighted by atomic mass is 32.2. The molecule has 142 valence electrons. The number of aliphatic hydroxyl groups is 1. The lowest BCUT2D eigenvalue weighted by Gasteiger charge is -2.56. The number of hydrogen-bond acceptors (Lipinski definition) is 4.